The van der Waals surface area contributed by atoms with E-state index in [1.807, 2.05) is 0 Å². The van der Waals surface area contributed by atoms with Crippen molar-refractivity contribution < 1.29 is 43.5 Å². The molecule has 0 amide bonds. The summed E-state index contributed by atoms with van der Waals surface area (Å²) in [4.78, 5) is 36.1. The van der Waals surface area contributed by atoms with E-state index in [9.17, 15) is 24.6 Å². The smallest absolute Gasteiger partial charge is 0.329 e. The quantitative estimate of drug-likeness (QED) is 0.274. The van der Waals surface area contributed by atoms with E-state index >= 15 is 0 Å². The Morgan fingerprint density at radius 1 is 0.737 bits per heavy atom. The molecular formula is C25H28O9S4. The fraction of sp³-hybridized carbons (Fsp3) is 0.480. The molecule has 0 aliphatic carbocycles. The van der Waals surface area contributed by atoms with Gasteiger partial charge in [-0.15, -0.1) is 47.0 Å². The normalized spacial score (nSPS) is 17.7. The Bertz CT molecular complexity index is 1120. The first-order valence-corrected chi connectivity index (χ1v) is 16.1. The second kappa shape index (κ2) is 14.6. The van der Waals surface area contributed by atoms with Crippen molar-refractivity contribution in [3.8, 4) is 11.5 Å². The van der Waals surface area contributed by atoms with E-state index in [0.717, 1.165) is 33.8 Å². The maximum atomic E-state index is 12.2. The molecule has 2 aromatic carbocycles. The monoisotopic (exact) mass is 600 g/mol. The number of benzene rings is 2. The maximum absolute atomic E-state index is 12.2. The lowest BCUT2D eigenvalue weighted by molar-refractivity contribution is -0.147. The molecule has 0 radical (unpaired) electrons. The minimum absolute atomic E-state index is 0.0323. The first-order valence-electron chi connectivity index (χ1n) is 11.9. The zero-order valence-electron chi connectivity index (χ0n) is 20.3. The molecule has 2 fully saturated rings. The number of fused-ring (bicyclic) bond motifs is 1. The molecule has 38 heavy (non-hydrogen) atoms. The Morgan fingerprint density at radius 3 is 1.82 bits per heavy atom. The van der Waals surface area contributed by atoms with Crippen LogP contribution in [-0.4, -0.2) is 92.3 Å². The predicted octanol–water partition coefficient (Wildman–Crippen LogP) is 2.93. The van der Waals surface area contributed by atoms with Crippen LogP contribution in [0.5, 0.6) is 11.5 Å². The van der Waals surface area contributed by atoms with E-state index in [1.165, 1.54) is 23.5 Å². The molecule has 2 unspecified atom stereocenters. The minimum atomic E-state index is -1.15. The predicted molar refractivity (Wildman–Crippen MR) is 151 cm³/mol. The van der Waals surface area contributed by atoms with Crippen LogP contribution in [-0.2, 0) is 23.9 Å². The lowest BCUT2D eigenvalue weighted by atomic mass is 10.1. The Balaban J connectivity index is 1.19. The first kappa shape index (κ1) is 29.2. The average Bonchev–Trinajstić information content (AvgIpc) is 3.64. The van der Waals surface area contributed by atoms with Gasteiger partial charge in [0.15, 0.2) is 0 Å². The molecule has 2 aliphatic heterocycles. The van der Waals surface area contributed by atoms with Gasteiger partial charge in [-0.05, 0) is 35.0 Å². The molecule has 2 saturated heterocycles. The lowest BCUT2D eigenvalue weighted by Gasteiger charge is -2.15. The average molecular weight is 601 g/mol. The van der Waals surface area contributed by atoms with Crippen LogP contribution in [0.15, 0.2) is 36.4 Å². The number of aliphatic hydroxyl groups excluding tert-OH is 2. The van der Waals surface area contributed by atoms with E-state index < -0.39 is 24.1 Å². The molecule has 4 rings (SSSR count). The van der Waals surface area contributed by atoms with Crippen LogP contribution in [0.2, 0.25) is 0 Å². The third-order valence-corrected chi connectivity index (χ3v) is 11.2. The molecule has 2 atom stereocenters. The van der Waals surface area contributed by atoms with E-state index in [0.29, 0.717) is 11.5 Å². The molecular weight excluding hydrogens is 573 g/mol. The fourth-order valence-corrected chi connectivity index (χ4v) is 8.64. The summed E-state index contributed by atoms with van der Waals surface area (Å²) in [5.41, 5.74) is 0. The van der Waals surface area contributed by atoms with E-state index in [-0.39, 0.29) is 41.4 Å². The zero-order chi connectivity index (χ0) is 26.9. The van der Waals surface area contributed by atoms with Crippen LogP contribution < -0.4 is 9.47 Å². The van der Waals surface area contributed by atoms with Gasteiger partial charge in [0.05, 0.1) is 12.5 Å². The van der Waals surface area contributed by atoms with Crippen molar-refractivity contribution in [2.24, 2.45) is 0 Å². The van der Waals surface area contributed by atoms with Crippen molar-refractivity contribution >= 4 is 75.7 Å². The van der Waals surface area contributed by atoms with Gasteiger partial charge in [-0.3, -0.25) is 4.79 Å². The van der Waals surface area contributed by atoms with Crippen LogP contribution in [0.4, 0.5) is 0 Å². The highest BCUT2D eigenvalue weighted by atomic mass is 32.2. The van der Waals surface area contributed by atoms with Crippen LogP contribution in [0.1, 0.15) is 6.42 Å². The van der Waals surface area contributed by atoms with Gasteiger partial charge >= 0.3 is 17.9 Å². The summed E-state index contributed by atoms with van der Waals surface area (Å²) in [5.74, 6) is 3.10. The third kappa shape index (κ3) is 8.88. The number of carbonyl (C=O) groups excluding carboxylic acids is 3. The van der Waals surface area contributed by atoms with Gasteiger partial charge in [0.1, 0.15) is 46.6 Å². The molecule has 2 heterocycles. The van der Waals surface area contributed by atoms with Crippen molar-refractivity contribution in [1.29, 1.82) is 0 Å². The van der Waals surface area contributed by atoms with Crippen LogP contribution in [0.25, 0.3) is 10.8 Å². The maximum Gasteiger partial charge on any atom is 0.329 e. The second-order valence-electron chi connectivity index (χ2n) is 8.37. The lowest BCUT2D eigenvalue weighted by Crippen LogP contribution is -2.27. The largest absolute Gasteiger partial charge is 0.491 e. The summed E-state index contributed by atoms with van der Waals surface area (Å²) < 4.78 is 20.8. The number of ether oxygens (including phenoxy) is 4. The molecule has 2 aromatic rings. The van der Waals surface area contributed by atoms with Crippen molar-refractivity contribution in [3.05, 3.63) is 36.4 Å². The summed E-state index contributed by atoms with van der Waals surface area (Å²) in [6.45, 7) is -0.425. The molecule has 2 aliphatic rings. The Hall–Kier alpha value is -1.77. The highest BCUT2D eigenvalue weighted by Gasteiger charge is 2.27. The fourth-order valence-electron chi connectivity index (χ4n) is 3.50. The van der Waals surface area contributed by atoms with Crippen molar-refractivity contribution in [2.75, 3.05) is 42.8 Å². The Morgan fingerprint density at radius 2 is 1.24 bits per heavy atom. The van der Waals surface area contributed by atoms with Gasteiger partial charge in [-0.25, -0.2) is 9.59 Å². The molecule has 0 aromatic heterocycles. The standard InChI is InChI=1S/C25H28O9S4/c26-17(12-32-22(29)24-35-5-6-36-24)11-21(28)34-20-4-2-15-9-19(3-1-16(15)10-20)31-13-18(27)14-33-23(30)25-37-7-8-38-25/h1-4,9-10,17-18,24-27H,5-8,11-14H2. The topological polar surface area (TPSA) is 129 Å². The van der Waals surface area contributed by atoms with Gasteiger partial charge in [0.2, 0.25) is 0 Å². The SMILES string of the molecule is O=C(CC(O)COC(=O)C1SCCS1)Oc1ccc2cc(OCC(O)COC(=O)C3SCCS3)ccc2c1. The van der Waals surface area contributed by atoms with E-state index in [4.69, 9.17) is 18.9 Å². The number of hydrogen-bond donors (Lipinski definition) is 2. The third-order valence-electron chi connectivity index (χ3n) is 5.32. The molecule has 0 bridgehead atoms. The summed E-state index contributed by atoms with van der Waals surface area (Å²) in [7, 11) is 0. The number of rotatable bonds is 12. The summed E-state index contributed by atoms with van der Waals surface area (Å²) in [6.07, 6.45) is -2.41. The van der Waals surface area contributed by atoms with Gasteiger partial charge < -0.3 is 29.2 Å². The summed E-state index contributed by atoms with van der Waals surface area (Å²) >= 11 is 6.11. The van der Waals surface area contributed by atoms with Crippen LogP contribution in [0, 0.1) is 0 Å². The summed E-state index contributed by atoms with van der Waals surface area (Å²) in [6, 6.07) is 10.4. The zero-order valence-corrected chi connectivity index (χ0v) is 23.6. The van der Waals surface area contributed by atoms with Crippen molar-refractivity contribution in [2.45, 2.75) is 27.8 Å². The minimum Gasteiger partial charge on any atom is -0.491 e. The highest BCUT2D eigenvalue weighted by Crippen LogP contribution is 2.33. The summed E-state index contributed by atoms with van der Waals surface area (Å²) in [5, 5.41) is 21.8. The molecule has 206 valence electrons. The Labute approximate surface area is 237 Å². The number of hydrogen-bond acceptors (Lipinski definition) is 13. The Kier molecular flexibility index (Phi) is 11.2. The van der Waals surface area contributed by atoms with E-state index in [2.05, 4.69) is 0 Å². The molecule has 9 nitrogen and oxygen atoms in total. The first-order chi connectivity index (χ1) is 18.4. The molecule has 0 spiro atoms. The van der Waals surface area contributed by atoms with Crippen molar-refractivity contribution in [3.63, 3.8) is 0 Å². The number of esters is 3. The number of aliphatic hydroxyl groups is 2. The van der Waals surface area contributed by atoms with Crippen LogP contribution in [0.3, 0.4) is 0 Å². The highest BCUT2D eigenvalue weighted by molar-refractivity contribution is 8.21. The van der Waals surface area contributed by atoms with Gasteiger partial charge in [0.25, 0.3) is 0 Å². The van der Waals surface area contributed by atoms with Gasteiger partial charge in [0, 0.05) is 23.0 Å². The molecule has 2 N–H and O–H groups in total. The second-order valence-corrected chi connectivity index (χ2v) is 13.8. The number of thioether (sulfide) groups is 4. The molecule has 13 heteroatoms. The van der Waals surface area contributed by atoms with Crippen LogP contribution >= 0.6 is 47.0 Å². The molecule has 0 saturated carbocycles. The number of carbonyl (C=O) groups is 3. The van der Waals surface area contributed by atoms with E-state index in [1.54, 1.807) is 59.9 Å². The van der Waals surface area contributed by atoms with Crippen molar-refractivity contribution in [1.82, 2.24) is 0 Å². The van der Waals surface area contributed by atoms with Gasteiger partial charge in [-0.2, -0.15) is 0 Å². The van der Waals surface area contributed by atoms with Gasteiger partial charge in [-0.1, -0.05) is 12.1 Å².